The third-order valence-electron chi connectivity index (χ3n) is 4.50. The van der Waals surface area contributed by atoms with Gasteiger partial charge in [0.1, 0.15) is 18.5 Å². The minimum absolute atomic E-state index is 0.251. The van der Waals surface area contributed by atoms with Crippen LogP contribution >= 0.6 is 11.6 Å². The first kappa shape index (κ1) is 17.3. The van der Waals surface area contributed by atoms with Crippen molar-refractivity contribution in [2.45, 2.75) is 31.9 Å². The van der Waals surface area contributed by atoms with Crippen LogP contribution in [0.3, 0.4) is 0 Å². The van der Waals surface area contributed by atoms with Crippen LogP contribution in [0.1, 0.15) is 30.0 Å². The summed E-state index contributed by atoms with van der Waals surface area (Å²) in [7, 11) is 0. The normalized spacial score (nSPS) is 19.4. The summed E-state index contributed by atoms with van der Waals surface area (Å²) in [6.45, 7) is 4.00. The average molecular weight is 346 g/mol. The predicted octanol–water partition coefficient (Wildman–Crippen LogP) is 4.23. The highest BCUT2D eigenvalue weighted by Gasteiger charge is 2.27. The molecule has 1 aliphatic heterocycles. The molecule has 0 aliphatic carbocycles. The smallest absolute Gasteiger partial charge is 0.138 e. The number of halogens is 1. The van der Waals surface area contributed by atoms with Gasteiger partial charge in [-0.05, 0) is 44.0 Å². The Labute approximate surface area is 148 Å². The maximum Gasteiger partial charge on any atom is 0.138 e. The van der Waals surface area contributed by atoms with E-state index in [0.29, 0.717) is 23.4 Å². The molecule has 0 radical (unpaired) electrons. The number of para-hydroxylation sites is 1. The van der Waals surface area contributed by atoms with Crippen molar-refractivity contribution in [1.82, 2.24) is 4.90 Å². The summed E-state index contributed by atoms with van der Waals surface area (Å²) in [5, 5.41) is 10.9. The zero-order valence-electron chi connectivity index (χ0n) is 14.0. The first-order valence-electron chi connectivity index (χ1n) is 8.49. The average Bonchev–Trinajstić information content (AvgIpc) is 3.02. The van der Waals surface area contributed by atoms with Crippen LogP contribution < -0.4 is 4.74 Å². The quantitative estimate of drug-likeness (QED) is 0.850. The van der Waals surface area contributed by atoms with Gasteiger partial charge < -0.3 is 9.84 Å². The zero-order chi connectivity index (χ0) is 16.9. The summed E-state index contributed by atoms with van der Waals surface area (Å²) in [6, 6.07) is 16.4. The highest BCUT2D eigenvalue weighted by atomic mass is 35.5. The van der Waals surface area contributed by atoms with Gasteiger partial charge in [-0.1, -0.05) is 53.6 Å². The van der Waals surface area contributed by atoms with Gasteiger partial charge in [-0.2, -0.15) is 0 Å². The van der Waals surface area contributed by atoms with E-state index in [1.165, 1.54) is 11.1 Å². The highest BCUT2D eigenvalue weighted by molar-refractivity contribution is 6.32. The number of rotatable bonds is 6. The van der Waals surface area contributed by atoms with Crippen molar-refractivity contribution in [2.75, 3.05) is 19.7 Å². The number of aliphatic hydroxyl groups is 1. The number of likely N-dealkylation sites (tertiary alicyclic amines) is 1. The lowest BCUT2D eigenvalue weighted by Crippen LogP contribution is -2.35. The molecule has 1 heterocycles. The fraction of sp³-hybridized carbons (Fsp3) is 0.400. The van der Waals surface area contributed by atoms with Crippen LogP contribution in [0.4, 0.5) is 0 Å². The van der Waals surface area contributed by atoms with Crippen LogP contribution in [0.2, 0.25) is 5.02 Å². The van der Waals surface area contributed by atoms with Gasteiger partial charge in [0.05, 0.1) is 5.02 Å². The lowest BCUT2D eigenvalue weighted by molar-refractivity contribution is 0.0639. The molecular weight excluding hydrogens is 322 g/mol. The van der Waals surface area contributed by atoms with Crippen molar-refractivity contribution in [1.29, 1.82) is 0 Å². The minimum atomic E-state index is -0.535. The summed E-state index contributed by atoms with van der Waals surface area (Å²) in [5.74, 6) is 0.620. The van der Waals surface area contributed by atoms with Crippen molar-refractivity contribution >= 4 is 11.6 Å². The van der Waals surface area contributed by atoms with Crippen LogP contribution in [-0.4, -0.2) is 35.8 Å². The first-order chi connectivity index (χ1) is 11.6. The van der Waals surface area contributed by atoms with E-state index in [1.54, 1.807) is 6.07 Å². The number of hydrogen-bond donors (Lipinski definition) is 1. The lowest BCUT2D eigenvalue weighted by atomic mass is 10.0. The van der Waals surface area contributed by atoms with Gasteiger partial charge in [0.2, 0.25) is 0 Å². The van der Waals surface area contributed by atoms with Crippen molar-refractivity contribution in [2.24, 2.45) is 0 Å². The molecule has 0 bridgehead atoms. The third-order valence-corrected chi connectivity index (χ3v) is 4.82. The highest BCUT2D eigenvalue weighted by Crippen LogP contribution is 2.32. The monoisotopic (exact) mass is 345 g/mol. The second kappa shape index (κ2) is 8.02. The maximum absolute atomic E-state index is 10.4. The van der Waals surface area contributed by atoms with E-state index in [0.717, 1.165) is 19.4 Å². The summed E-state index contributed by atoms with van der Waals surface area (Å²) in [5.41, 5.74) is 2.62. The number of hydrogen-bond acceptors (Lipinski definition) is 3. The molecule has 0 aromatic heterocycles. The Balaban J connectivity index is 1.57. The Bertz CT molecular complexity index is 676. The molecule has 2 aromatic carbocycles. The summed E-state index contributed by atoms with van der Waals surface area (Å²) in [4.78, 5) is 2.36. The Morgan fingerprint density at radius 3 is 2.88 bits per heavy atom. The standard InChI is InChI=1S/C20H24ClNO2/c1-15-6-4-7-16(12-15)19-9-5-11-22(19)13-17(23)14-24-20-10-3-2-8-18(20)21/h2-4,6-8,10,12,17,19,23H,5,9,11,13-14H2,1H3. The van der Waals surface area contributed by atoms with Gasteiger partial charge in [0.25, 0.3) is 0 Å². The van der Waals surface area contributed by atoms with Gasteiger partial charge in [-0.15, -0.1) is 0 Å². The second-order valence-corrected chi connectivity index (χ2v) is 6.87. The number of nitrogens with zero attached hydrogens (tertiary/aromatic N) is 1. The molecule has 1 N–H and O–H groups in total. The van der Waals surface area contributed by atoms with Gasteiger partial charge in [0.15, 0.2) is 0 Å². The topological polar surface area (TPSA) is 32.7 Å². The van der Waals surface area contributed by atoms with Gasteiger partial charge in [-0.25, -0.2) is 0 Å². The van der Waals surface area contributed by atoms with E-state index in [1.807, 2.05) is 18.2 Å². The molecular formula is C20H24ClNO2. The SMILES string of the molecule is Cc1cccc(C2CCCN2CC(O)COc2ccccc2Cl)c1. The number of aryl methyl sites for hydroxylation is 1. The maximum atomic E-state index is 10.4. The molecule has 0 saturated carbocycles. The van der Waals surface area contributed by atoms with E-state index < -0.39 is 6.10 Å². The molecule has 3 rings (SSSR count). The van der Waals surface area contributed by atoms with E-state index in [9.17, 15) is 5.11 Å². The number of β-amino-alcohol motifs (C(OH)–C–C–N with tert-alkyl or cyclic N) is 1. The molecule has 1 fully saturated rings. The summed E-state index contributed by atoms with van der Waals surface area (Å²) in [6.07, 6.45) is 1.77. The molecule has 1 aliphatic rings. The van der Waals surface area contributed by atoms with Gasteiger partial charge >= 0.3 is 0 Å². The molecule has 3 nitrogen and oxygen atoms in total. The molecule has 2 atom stereocenters. The Hall–Kier alpha value is -1.55. The van der Waals surface area contributed by atoms with Crippen LogP contribution in [0.15, 0.2) is 48.5 Å². The van der Waals surface area contributed by atoms with Crippen molar-refractivity contribution in [3.05, 3.63) is 64.7 Å². The second-order valence-electron chi connectivity index (χ2n) is 6.46. The van der Waals surface area contributed by atoms with Gasteiger partial charge in [0, 0.05) is 12.6 Å². The van der Waals surface area contributed by atoms with Gasteiger partial charge in [-0.3, -0.25) is 4.90 Å². The fourth-order valence-electron chi connectivity index (χ4n) is 3.37. The lowest BCUT2D eigenvalue weighted by Gasteiger charge is -2.27. The molecule has 2 unspecified atom stereocenters. The predicted molar refractivity (Wildman–Crippen MR) is 97.7 cm³/mol. The summed E-state index contributed by atoms with van der Waals surface area (Å²) < 4.78 is 5.66. The Morgan fingerprint density at radius 2 is 2.08 bits per heavy atom. The molecule has 24 heavy (non-hydrogen) atoms. The van der Waals surface area contributed by atoms with E-state index in [2.05, 4.69) is 36.1 Å². The molecule has 0 spiro atoms. The van der Waals surface area contributed by atoms with Crippen LogP contribution in [0.25, 0.3) is 0 Å². The van der Waals surface area contributed by atoms with E-state index >= 15 is 0 Å². The van der Waals surface area contributed by atoms with E-state index in [-0.39, 0.29) is 6.61 Å². The molecule has 2 aromatic rings. The molecule has 4 heteroatoms. The zero-order valence-corrected chi connectivity index (χ0v) is 14.7. The van der Waals surface area contributed by atoms with Crippen molar-refractivity contribution in [3.63, 3.8) is 0 Å². The minimum Gasteiger partial charge on any atom is -0.489 e. The Morgan fingerprint density at radius 1 is 1.25 bits per heavy atom. The van der Waals surface area contributed by atoms with Crippen LogP contribution in [-0.2, 0) is 0 Å². The molecule has 0 amide bonds. The third kappa shape index (κ3) is 4.29. The van der Waals surface area contributed by atoms with E-state index in [4.69, 9.17) is 16.3 Å². The van der Waals surface area contributed by atoms with Crippen molar-refractivity contribution in [3.8, 4) is 5.75 Å². The van der Waals surface area contributed by atoms with Crippen LogP contribution in [0, 0.1) is 6.92 Å². The Kier molecular flexibility index (Phi) is 5.77. The largest absolute Gasteiger partial charge is 0.489 e. The number of ether oxygens (including phenoxy) is 1. The molecule has 1 saturated heterocycles. The van der Waals surface area contributed by atoms with Crippen molar-refractivity contribution < 1.29 is 9.84 Å². The van der Waals surface area contributed by atoms with Crippen LogP contribution in [0.5, 0.6) is 5.75 Å². The first-order valence-corrected chi connectivity index (χ1v) is 8.87. The number of aliphatic hydroxyl groups excluding tert-OH is 1. The summed E-state index contributed by atoms with van der Waals surface area (Å²) >= 11 is 6.08. The number of benzene rings is 2. The fourth-order valence-corrected chi connectivity index (χ4v) is 3.56. The molecule has 128 valence electrons.